The molecule has 138 valence electrons. The molecule has 3 aromatic carbocycles. The molecule has 0 heterocycles. The molecule has 0 aliphatic rings. The molecular formula is C27H25N. The molecule has 0 N–H and O–H groups in total. The Kier molecular flexibility index (Phi) is 6.67. The zero-order valence-electron chi connectivity index (χ0n) is 16.6. The van der Waals surface area contributed by atoms with Crippen molar-refractivity contribution in [2.45, 2.75) is 39.5 Å². The number of rotatable bonds is 5. The van der Waals surface area contributed by atoms with Crippen LogP contribution < -0.4 is 0 Å². The zero-order chi connectivity index (χ0) is 19.8. The van der Waals surface area contributed by atoms with Gasteiger partial charge in [0.05, 0.1) is 11.6 Å². The van der Waals surface area contributed by atoms with Gasteiger partial charge in [-0.1, -0.05) is 74.6 Å². The fourth-order valence-corrected chi connectivity index (χ4v) is 3.17. The molecule has 0 saturated carbocycles. The summed E-state index contributed by atoms with van der Waals surface area (Å²) in [6.45, 7) is 4.33. The highest BCUT2D eigenvalue weighted by atomic mass is 14.2. The molecule has 0 unspecified atom stereocenters. The SMILES string of the molecule is CCCCc1ccc(C#Cc2ccc(-c3ccc(CC)cc3)cc2)cc1C#N. The average molecular weight is 364 g/mol. The molecule has 0 aliphatic carbocycles. The number of aryl methyl sites for hydroxylation is 2. The van der Waals surface area contributed by atoms with Gasteiger partial charge in [0, 0.05) is 11.1 Å². The quantitative estimate of drug-likeness (QED) is 0.473. The Labute approximate surface area is 168 Å². The van der Waals surface area contributed by atoms with E-state index in [4.69, 9.17) is 0 Å². The van der Waals surface area contributed by atoms with Gasteiger partial charge in [-0.05, 0) is 65.8 Å². The molecule has 1 nitrogen and oxygen atoms in total. The largest absolute Gasteiger partial charge is 0.192 e. The first-order valence-electron chi connectivity index (χ1n) is 9.98. The van der Waals surface area contributed by atoms with Crippen LogP contribution in [0.25, 0.3) is 11.1 Å². The van der Waals surface area contributed by atoms with E-state index in [1.165, 1.54) is 16.7 Å². The predicted octanol–water partition coefficient (Wildman–Crippen LogP) is 6.53. The highest BCUT2D eigenvalue weighted by molar-refractivity contribution is 5.65. The van der Waals surface area contributed by atoms with Crippen molar-refractivity contribution in [1.82, 2.24) is 0 Å². The number of benzene rings is 3. The highest BCUT2D eigenvalue weighted by Crippen LogP contribution is 2.20. The van der Waals surface area contributed by atoms with Crippen molar-refractivity contribution in [3.8, 4) is 29.0 Å². The van der Waals surface area contributed by atoms with Crippen LogP contribution in [0.3, 0.4) is 0 Å². The fraction of sp³-hybridized carbons (Fsp3) is 0.222. The highest BCUT2D eigenvalue weighted by Gasteiger charge is 2.02. The van der Waals surface area contributed by atoms with Crippen molar-refractivity contribution in [2.24, 2.45) is 0 Å². The average Bonchev–Trinajstić information content (AvgIpc) is 2.77. The van der Waals surface area contributed by atoms with E-state index in [-0.39, 0.29) is 0 Å². The molecule has 1 heteroatoms. The molecular weight excluding hydrogens is 338 g/mol. The van der Waals surface area contributed by atoms with Crippen molar-refractivity contribution in [3.63, 3.8) is 0 Å². The molecule has 0 bridgehead atoms. The van der Waals surface area contributed by atoms with Gasteiger partial charge >= 0.3 is 0 Å². The van der Waals surface area contributed by atoms with E-state index in [2.05, 4.69) is 80.3 Å². The second-order valence-electron chi connectivity index (χ2n) is 6.97. The van der Waals surface area contributed by atoms with Crippen LogP contribution in [0.15, 0.2) is 66.7 Å². The van der Waals surface area contributed by atoms with E-state index in [1.807, 2.05) is 18.2 Å². The second kappa shape index (κ2) is 9.59. The molecule has 0 atom stereocenters. The fourth-order valence-electron chi connectivity index (χ4n) is 3.17. The Bertz CT molecular complexity index is 1020. The summed E-state index contributed by atoms with van der Waals surface area (Å²) in [4.78, 5) is 0. The molecule has 0 radical (unpaired) electrons. The van der Waals surface area contributed by atoms with Crippen molar-refractivity contribution in [1.29, 1.82) is 5.26 Å². The number of hydrogen-bond acceptors (Lipinski definition) is 1. The number of nitriles is 1. The Morgan fingerprint density at radius 2 is 1.36 bits per heavy atom. The van der Waals surface area contributed by atoms with Crippen LogP contribution in [0.4, 0.5) is 0 Å². The predicted molar refractivity (Wildman–Crippen MR) is 117 cm³/mol. The number of nitrogens with zero attached hydrogens (tertiary/aromatic N) is 1. The normalized spacial score (nSPS) is 10.0. The summed E-state index contributed by atoms with van der Waals surface area (Å²) >= 11 is 0. The molecule has 3 aromatic rings. The lowest BCUT2D eigenvalue weighted by molar-refractivity contribution is 0.793. The van der Waals surface area contributed by atoms with Gasteiger partial charge in [0.25, 0.3) is 0 Å². The van der Waals surface area contributed by atoms with Gasteiger partial charge in [-0.25, -0.2) is 0 Å². The van der Waals surface area contributed by atoms with Crippen molar-refractivity contribution in [3.05, 3.63) is 94.5 Å². The molecule has 0 aromatic heterocycles. The Hall–Kier alpha value is -3.29. The van der Waals surface area contributed by atoms with Gasteiger partial charge in [-0.2, -0.15) is 5.26 Å². The number of unbranched alkanes of at least 4 members (excludes halogenated alkanes) is 1. The van der Waals surface area contributed by atoms with Crippen molar-refractivity contribution < 1.29 is 0 Å². The lowest BCUT2D eigenvalue weighted by Gasteiger charge is -2.04. The van der Waals surface area contributed by atoms with Crippen LogP contribution in [0.1, 0.15) is 54.5 Å². The summed E-state index contributed by atoms with van der Waals surface area (Å²) in [5.74, 6) is 6.40. The molecule has 3 rings (SSSR count). The Morgan fingerprint density at radius 1 is 0.750 bits per heavy atom. The molecule has 0 amide bonds. The summed E-state index contributed by atoms with van der Waals surface area (Å²) in [6, 6.07) is 25.3. The third-order valence-electron chi connectivity index (χ3n) is 4.96. The summed E-state index contributed by atoms with van der Waals surface area (Å²) in [5.41, 5.74) is 7.49. The first-order valence-corrected chi connectivity index (χ1v) is 9.98. The van der Waals surface area contributed by atoms with E-state index >= 15 is 0 Å². The van der Waals surface area contributed by atoms with E-state index in [0.717, 1.165) is 47.9 Å². The zero-order valence-corrected chi connectivity index (χ0v) is 16.6. The van der Waals surface area contributed by atoms with E-state index in [9.17, 15) is 5.26 Å². The van der Waals surface area contributed by atoms with Crippen LogP contribution in [0, 0.1) is 23.2 Å². The van der Waals surface area contributed by atoms with Gasteiger partial charge in [-0.15, -0.1) is 0 Å². The Morgan fingerprint density at radius 3 is 1.96 bits per heavy atom. The Balaban J connectivity index is 1.76. The molecule has 0 spiro atoms. The van der Waals surface area contributed by atoms with Crippen LogP contribution >= 0.6 is 0 Å². The van der Waals surface area contributed by atoms with Crippen LogP contribution in [-0.2, 0) is 12.8 Å². The third kappa shape index (κ3) is 4.91. The third-order valence-corrected chi connectivity index (χ3v) is 4.96. The minimum absolute atomic E-state index is 0.742. The molecule has 0 fully saturated rings. The van der Waals surface area contributed by atoms with Crippen LogP contribution in [0.5, 0.6) is 0 Å². The van der Waals surface area contributed by atoms with Gasteiger partial charge in [0.1, 0.15) is 0 Å². The van der Waals surface area contributed by atoms with Gasteiger partial charge < -0.3 is 0 Å². The van der Waals surface area contributed by atoms with Crippen molar-refractivity contribution >= 4 is 0 Å². The van der Waals surface area contributed by atoms with Gasteiger partial charge in [-0.3, -0.25) is 0 Å². The lowest BCUT2D eigenvalue weighted by atomic mass is 10.00. The van der Waals surface area contributed by atoms with Crippen LogP contribution in [-0.4, -0.2) is 0 Å². The summed E-state index contributed by atoms with van der Waals surface area (Å²) < 4.78 is 0. The van der Waals surface area contributed by atoms with E-state index in [0.29, 0.717) is 0 Å². The monoisotopic (exact) mass is 363 g/mol. The molecule has 28 heavy (non-hydrogen) atoms. The maximum atomic E-state index is 9.40. The standard InChI is InChI=1S/C27H25N/c1-3-5-6-24-18-13-23(19-27(24)20-28)8-7-22-11-16-26(17-12-22)25-14-9-21(4-2)10-15-25/h9-19H,3-6H2,1-2H3. The van der Waals surface area contributed by atoms with Gasteiger partial charge in [0.2, 0.25) is 0 Å². The summed E-state index contributed by atoms with van der Waals surface area (Å²) in [6.07, 6.45) is 4.24. The first kappa shape index (κ1) is 19.5. The van der Waals surface area contributed by atoms with E-state index in [1.54, 1.807) is 0 Å². The van der Waals surface area contributed by atoms with Crippen LogP contribution in [0.2, 0.25) is 0 Å². The molecule has 0 aliphatic heterocycles. The van der Waals surface area contributed by atoms with Crippen molar-refractivity contribution in [2.75, 3.05) is 0 Å². The second-order valence-corrected chi connectivity index (χ2v) is 6.97. The summed E-state index contributed by atoms with van der Waals surface area (Å²) in [5, 5.41) is 9.40. The van der Waals surface area contributed by atoms with Gasteiger partial charge in [0.15, 0.2) is 0 Å². The maximum Gasteiger partial charge on any atom is 0.0994 e. The molecule has 0 saturated heterocycles. The lowest BCUT2D eigenvalue weighted by Crippen LogP contribution is -1.91. The van der Waals surface area contributed by atoms with E-state index < -0.39 is 0 Å². The minimum atomic E-state index is 0.742. The first-order chi connectivity index (χ1) is 13.7. The number of hydrogen-bond donors (Lipinski definition) is 0. The smallest absolute Gasteiger partial charge is 0.0994 e. The minimum Gasteiger partial charge on any atom is -0.192 e. The summed E-state index contributed by atoms with van der Waals surface area (Å²) in [7, 11) is 0. The maximum absolute atomic E-state index is 9.40. The topological polar surface area (TPSA) is 23.8 Å².